The quantitative estimate of drug-likeness (QED) is 0.620. The normalized spacial score (nSPS) is 14.9. The zero-order valence-electron chi connectivity index (χ0n) is 15.4. The van der Waals surface area contributed by atoms with E-state index in [0.29, 0.717) is 35.3 Å². The first-order valence-electron chi connectivity index (χ1n) is 8.92. The Bertz CT molecular complexity index is 1110. The third kappa shape index (κ3) is 4.17. The molecule has 156 valence electrons. The maximum Gasteiger partial charge on any atom is 0.419 e. The van der Waals surface area contributed by atoms with E-state index in [-0.39, 0.29) is 18.0 Å². The molecule has 0 spiro atoms. The van der Waals surface area contributed by atoms with E-state index in [9.17, 15) is 22.4 Å². The second-order valence-corrected chi connectivity index (χ2v) is 7.29. The monoisotopic (exact) mass is 438 g/mol. The molecule has 30 heavy (non-hydrogen) atoms. The molecule has 2 aromatic carbocycles. The number of hydrogen-bond acceptors (Lipinski definition) is 3. The highest BCUT2D eigenvalue weighted by atomic mass is 35.5. The van der Waals surface area contributed by atoms with Crippen molar-refractivity contribution in [3.8, 4) is 16.9 Å². The number of aromatic nitrogens is 2. The molecule has 0 radical (unpaired) electrons. The van der Waals surface area contributed by atoms with Gasteiger partial charge in [0.2, 0.25) is 5.91 Å². The number of halogens is 5. The van der Waals surface area contributed by atoms with Crippen molar-refractivity contribution in [1.29, 1.82) is 0 Å². The number of carbonyl (C=O) groups excluding carboxylic acids is 1. The second kappa shape index (κ2) is 7.73. The molecule has 0 bridgehead atoms. The number of nitrogens with one attached hydrogen (secondary N) is 1. The number of carbonyl (C=O) groups is 1. The molecule has 0 saturated carbocycles. The standard InChI is InChI=1S/C20H15ClF4N4O/c21-13-2-1-3-15(7-13)29-18(8-14(27-29)9-28-10-19(30)26-11-28)12-4-5-17(22)16(6-12)20(23,24)25/h1-8H,9-11H2,(H,26,30). The number of rotatable bonds is 4. The van der Waals surface area contributed by atoms with E-state index in [1.165, 1.54) is 10.7 Å². The number of nitrogens with zero attached hydrogens (tertiary/aromatic N) is 3. The van der Waals surface area contributed by atoms with Gasteiger partial charge < -0.3 is 5.32 Å². The smallest absolute Gasteiger partial charge is 0.342 e. The van der Waals surface area contributed by atoms with E-state index in [0.717, 1.165) is 12.1 Å². The Hall–Kier alpha value is -2.91. The summed E-state index contributed by atoms with van der Waals surface area (Å²) in [6, 6.07) is 11.1. The lowest BCUT2D eigenvalue weighted by Crippen LogP contribution is -2.21. The molecule has 0 atom stereocenters. The van der Waals surface area contributed by atoms with Crippen LogP contribution in [0.1, 0.15) is 11.3 Å². The van der Waals surface area contributed by atoms with Gasteiger partial charge in [-0.2, -0.15) is 18.3 Å². The molecule has 1 saturated heterocycles. The van der Waals surface area contributed by atoms with E-state index in [2.05, 4.69) is 10.4 Å². The summed E-state index contributed by atoms with van der Waals surface area (Å²) >= 11 is 6.07. The van der Waals surface area contributed by atoms with E-state index in [1.54, 1.807) is 30.3 Å². The minimum Gasteiger partial charge on any atom is -0.342 e. The summed E-state index contributed by atoms with van der Waals surface area (Å²) in [6.07, 6.45) is -4.83. The molecule has 3 aromatic rings. The molecule has 1 amide bonds. The van der Waals surface area contributed by atoms with Crippen LogP contribution in [0.25, 0.3) is 16.9 Å². The number of alkyl halides is 3. The van der Waals surface area contributed by atoms with Crippen molar-refractivity contribution in [1.82, 2.24) is 20.0 Å². The lowest BCUT2D eigenvalue weighted by atomic mass is 10.1. The predicted octanol–water partition coefficient (Wildman–Crippen LogP) is 4.24. The Kier molecular flexibility index (Phi) is 5.25. The highest BCUT2D eigenvalue weighted by Gasteiger charge is 2.34. The van der Waals surface area contributed by atoms with Gasteiger partial charge in [-0.15, -0.1) is 0 Å². The SMILES string of the molecule is O=C1CN(Cc2cc(-c3ccc(F)c(C(F)(F)F)c3)n(-c3cccc(Cl)c3)n2)CN1. The van der Waals surface area contributed by atoms with Crippen LogP contribution in [-0.4, -0.2) is 33.8 Å². The van der Waals surface area contributed by atoms with Crippen molar-refractivity contribution in [2.45, 2.75) is 12.7 Å². The zero-order valence-corrected chi connectivity index (χ0v) is 16.1. The van der Waals surface area contributed by atoms with Gasteiger partial charge in [-0.1, -0.05) is 17.7 Å². The molecule has 1 aromatic heterocycles. The largest absolute Gasteiger partial charge is 0.419 e. The first-order valence-corrected chi connectivity index (χ1v) is 9.29. The van der Waals surface area contributed by atoms with Crippen LogP contribution < -0.4 is 5.32 Å². The van der Waals surface area contributed by atoms with Crippen molar-refractivity contribution in [3.63, 3.8) is 0 Å². The van der Waals surface area contributed by atoms with Crippen molar-refractivity contribution in [2.24, 2.45) is 0 Å². The Balaban J connectivity index is 1.80. The first kappa shape index (κ1) is 20.4. The van der Waals surface area contributed by atoms with Crippen LogP contribution in [0.2, 0.25) is 5.02 Å². The number of benzene rings is 2. The van der Waals surface area contributed by atoms with Gasteiger partial charge in [0.15, 0.2) is 0 Å². The Morgan fingerprint density at radius 3 is 2.60 bits per heavy atom. The molecular formula is C20H15ClF4N4O. The van der Waals surface area contributed by atoms with Crippen LogP contribution in [0, 0.1) is 5.82 Å². The lowest BCUT2D eigenvalue weighted by Gasteiger charge is -2.12. The van der Waals surface area contributed by atoms with Gasteiger partial charge in [0.25, 0.3) is 0 Å². The molecular weight excluding hydrogens is 424 g/mol. The van der Waals surface area contributed by atoms with Crippen LogP contribution in [0.3, 0.4) is 0 Å². The number of amides is 1. The molecule has 5 nitrogen and oxygen atoms in total. The molecule has 10 heteroatoms. The van der Waals surface area contributed by atoms with Gasteiger partial charge in [0, 0.05) is 17.1 Å². The molecule has 1 fully saturated rings. The average Bonchev–Trinajstić information content (AvgIpc) is 3.28. The summed E-state index contributed by atoms with van der Waals surface area (Å²) < 4.78 is 54.8. The predicted molar refractivity (Wildman–Crippen MR) is 102 cm³/mol. The average molecular weight is 439 g/mol. The summed E-state index contributed by atoms with van der Waals surface area (Å²) in [7, 11) is 0. The fourth-order valence-electron chi connectivity index (χ4n) is 3.28. The Labute approximate surface area is 173 Å². The third-order valence-corrected chi connectivity index (χ3v) is 4.87. The Morgan fingerprint density at radius 1 is 1.13 bits per heavy atom. The van der Waals surface area contributed by atoms with Crippen molar-refractivity contribution in [2.75, 3.05) is 13.2 Å². The molecule has 4 rings (SSSR count). The highest BCUT2D eigenvalue weighted by Crippen LogP contribution is 2.35. The summed E-state index contributed by atoms with van der Waals surface area (Å²) in [5.74, 6) is -1.46. The van der Waals surface area contributed by atoms with Crippen molar-refractivity contribution < 1.29 is 22.4 Å². The van der Waals surface area contributed by atoms with Gasteiger partial charge in [-0.25, -0.2) is 9.07 Å². The summed E-state index contributed by atoms with van der Waals surface area (Å²) in [6.45, 7) is 0.869. The summed E-state index contributed by atoms with van der Waals surface area (Å²) in [5.41, 5.74) is 0.223. The summed E-state index contributed by atoms with van der Waals surface area (Å²) in [5, 5.41) is 7.61. The minimum atomic E-state index is -4.83. The van der Waals surface area contributed by atoms with Gasteiger partial charge in [-0.3, -0.25) is 9.69 Å². The molecule has 1 N–H and O–H groups in total. The fraction of sp³-hybridized carbons (Fsp3) is 0.200. The number of hydrogen-bond donors (Lipinski definition) is 1. The fourth-order valence-corrected chi connectivity index (χ4v) is 3.46. The second-order valence-electron chi connectivity index (χ2n) is 6.85. The molecule has 2 heterocycles. The molecule has 1 aliphatic rings. The zero-order chi connectivity index (χ0) is 21.5. The first-order chi connectivity index (χ1) is 14.2. The van der Waals surface area contributed by atoms with E-state index < -0.39 is 17.6 Å². The summed E-state index contributed by atoms with van der Waals surface area (Å²) in [4.78, 5) is 13.2. The lowest BCUT2D eigenvalue weighted by molar-refractivity contribution is -0.140. The van der Waals surface area contributed by atoms with Crippen LogP contribution >= 0.6 is 11.6 Å². The highest BCUT2D eigenvalue weighted by molar-refractivity contribution is 6.30. The van der Waals surface area contributed by atoms with Crippen molar-refractivity contribution in [3.05, 3.63) is 70.6 Å². The van der Waals surface area contributed by atoms with E-state index >= 15 is 0 Å². The maximum absolute atomic E-state index is 13.8. The van der Waals surface area contributed by atoms with E-state index in [4.69, 9.17) is 11.6 Å². The minimum absolute atomic E-state index is 0.113. The van der Waals surface area contributed by atoms with Gasteiger partial charge in [-0.05, 0) is 42.5 Å². The third-order valence-electron chi connectivity index (χ3n) is 4.63. The Morgan fingerprint density at radius 2 is 1.93 bits per heavy atom. The van der Waals surface area contributed by atoms with Crippen LogP contribution in [0.4, 0.5) is 17.6 Å². The molecule has 1 aliphatic heterocycles. The molecule has 0 unspecified atom stereocenters. The maximum atomic E-state index is 13.8. The topological polar surface area (TPSA) is 50.2 Å². The van der Waals surface area contributed by atoms with Crippen LogP contribution in [0.5, 0.6) is 0 Å². The van der Waals surface area contributed by atoms with E-state index in [1.807, 2.05) is 4.90 Å². The van der Waals surface area contributed by atoms with Crippen LogP contribution in [-0.2, 0) is 17.5 Å². The van der Waals surface area contributed by atoms with Gasteiger partial charge in [0.05, 0.1) is 35.9 Å². The van der Waals surface area contributed by atoms with Gasteiger partial charge >= 0.3 is 6.18 Å². The van der Waals surface area contributed by atoms with Crippen LogP contribution in [0.15, 0.2) is 48.5 Å². The molecule has 0 aliphatic carbocycles. The van der Waals surface area contributed by atoms with Crippen molar-refractivity contribution >= 4 is 17.5 Å². The van der Waals surface area contributed by atoms with Gasteiger partial charge in [0.1, 0.15) is 5.82 Å².